The molecule has 86 heavy (non-hydrogen) atoms. The average Bonchev–Trinajstić information content (AvgIpc) is 3.39. The maximum absolute atomic E-state index is 13.5. The van der Waals surface area contributed by atoms with Crippen LogP contribution >= 0.6 is 0 Å². The first-order valence-corrected chi connectivity index (χ1v) is 36.2. The zero-order chi connectivity index (χ0) is 62.4. The number of nitrogens with one attached hydrogen (secondary N) is 1. The van der Waals surface area contributed by atoms with Gasteiger partial charge in [-0.25, -0.2) is 0 Å². The fraction of sp³-hybridized carbons (Fsp3) is 0.813. The van der Waals surface area contributed by atoms with Crippen molar-refractivity contribution in [3.05, 3.63) is 72.9 Å². The van der Waals surface area contributed by atoms with Crippen LogP contribution in [-0.4, -0.2) is 99.6 Å². The second-order valence-electron chi connectivity index (χ2n) is 25.0. The second-order valence-corrected chi connectivity index (χ2v) is 25.0. The number of rotatable bonds is 62. The van der Waals surface area contributed by atoms with Gasteiger partial charge in [-0.3, -0.25) is 9.59 Å². The molecule has 11 nitrogen and oxygen atoms in total. The van der Waals surface area contributed by atoms with E-state index in [0.29, 0.717) is 12.8 Å². The first kappa shape index (κ1) is 81.1. The van der Waals surface area contributed by atoms with Crippen LogP contribution in [0.4, 0.5) is 0 Å². The van der Waals surface area contributed by atoms with Gasteiger partial charge in [-0.15, -0.1) is 0 Å². The average molecular weight is 1210 g/mol. The van der Waals surface area contributed by atoms with Crippen molar-refractivity contribution in [2.45, 2.75) is 378 Å². The molecule has 8 unspecified atom stereocenters. The van der Waals surface area contributed by atoms with Crippen LogP contribution in [-0.2, 0) is 23.8 Å². The van der Waals surface area contributed by atoms with Crippen LogP contribution in [0.25, 0.3) is 0 Å². The lowest BCUT2D eigenvalue weighted by Gasteiger charge is -2.41. The molecule has 6 N–H and O–H groups in total. The largest absolute Gasteiger partial charge is 0.454 e. The van der Waals surface area contributed by atoms with Crippen molar-refractivity contribution in [2.24, 2.45) is 0 Å². The fourth-order valence-electron chi connectivity index (χ4n) is 11.1. The highest BCUT2D eigenvalue weighted by molar-refractivity contribution is 5.80. The van der Waals surface area contributed by atoms with E-state index in [-0.39, 0.29) is 19.4 Å². The number of carbonyl (C=O) groups excluding carboxylic acids is 2. The second kappa shape index (κ2) is 62.3. The molecule has 0 bridgehead atoms. The minimum atomic E-state index is -1.62. The number of unbranched alkanes of at least 4 members (excludes halogenated alkanes) is 38. The highest BCUT2D eigenvalue weighted by Crippen LogP contribution is 2.26. The number of aliphatic hydroxyl groups excluding tert-OH is 5. The van der Waals surface area contributed by atoms with E-state index in [4.69, 9.17) is 14.2 Å². The molecule has 0 saturated carbocycles. The van der Waals surface area contributed by atoms with Gasteiger partial charge in [0.1, 0.15) is 24.4 Å². The Kier molecular flexibility index (Phi) is 58.8. The van der Waals surface area contributed by atoms with E-state index in [1.165, 1.54) is 199 Å². The molecular weight excluding hydrogens is 1070 g/mol. The number of esters is 1. The number of aliphatic hydroxyl groups is 5. The summed E-state index contributed by atoms with van der Waals surface area (Å²) in [6.07, 6.45) is 70.8. The summed E-state index contributed by atoms with van der Waals surface area (Å²) in [5, 5.41) is 57.3. The summed E-state index contributed by atoms with van der Waals surface area (Å²) >= 11 is 0. The van der Waals surface area contributed by atoms with E-state index in [1.807, 2.05) is 6.08 Å². The van der Waals surface area contributed by atoms with Gasteiger partial charge in [-0.1, -0.05) is 299 Å². The lowest BCUT2D eigenvalue weighted by Crippen LogP contribution is -2.61. The number of amides is 1. The summed E-state index contributed by atoms with van der Waals surface area (Å²) in [6, 6.07) is -1.03. The summed E-state index contributed by atoms with van der Waals surface area (Å²) in [6.45, 7) is 5.77. The van der Waals surface area contributed by atoms with E-state index >= 15 is 0 Å². The van der Waals surface area contributed by atoms with Crippen molar-refractivity contribution in [3.8, 4) is 0 Å². The van der Waals surface area contributed by atoms with Gasteiger partial charge in [0.15, 0.2) is 12.4 Å². The normalized spacial score (nSPS) is 18.7. The Morgan fingerprint density at radius 2 is 0.802 bits per heavy atom. The monoisotopic (exact) mass is 1210 g/mol. The van der Waals surface area contributed by atoms with Crippen LogP contribution < -0.4 is 5.32 Å². The molecule has 0 aromatic carbocycles. The molecule has 500 valence electrons. The van der Waals surface area contributed by atoms with E-state index in [0.717, 1.165) is 83.5 Å². The van der Waals surface area contributed by atoms with Crippen LogP contribution in [0.3, 0.4) is 0 Å². The first-order chi connectivity index (χ1) is 42.2. The Bertz CT molecular complexity index is 1680. The molecule has 8 atom stereocenters. The van der Waals surface area contributed by atoms with Crippen LogP contribution in [0.1, 0.15) is 329 Å². The van der Waals surface area contributed by atoms with E-state index in [2.05, 4.69) is 86.8 Å². The van der Waals surface area contributed by atoms with Crippen LogP contribution in [0.2, 0.25) is 0 Å². The number of hydrogen-bond acceptors (Lipinski definition) is 10. The quantitative estimate of drug-likeness (QED) is 0.0195. The van der Waals surface area contributed by atoms with Gasteiger partial charge in [0.2, 0.25) is 5.91 Å². The Labute approximate surface area is 528 Å². The molecule has 1 fully saturated rings. The number of ether oxygens (including phenoxy) is 3. The molecular formula is C75H135NO10. The molecule has 1 rings (SSSR count). The molecule has 11 heteroatoms. The standard InChI is InChI=1S/C75H135NO10/c1-4-7-10-13-16-19-22-25-27-29-31-33-35-37-39-41-43-45-48-51-54-57-60-63-70(80)86-73-72(82)71(81)69(64-77)85-75(73)84-65-66(67(78)61-58-55-52-49-46-24-21-18-15-12-9-6-3)76-74(83)68(79)62-59-56-53-50-47-44-42-40-38-36-34-32-30-28-26-23-20-17-14-11-8-5-2/h16-17,19-20,25-28,31,33,58,61,66-69,71-73,75,77-79,81-82H,4-15,18,21-24,29-30,32,34-57,59-60,62-65H2,1-3H3,(H,76,83)/b19-16-,20-17-,27-25-,28-26-,33-31-,61-58+. The lowest BCUT2D eigenvalue weighted by atomic mass is 9.99. The third kappa shape index (κ3) is 49.0. The van der Waals surface area contributed by atoms with Gasteiger partial charge in [0.05, 0.1) is 25.4 Å². The number of hydrogen-bond donors (Lipinski definition) is 6. The first-order valence-electron chi connectivity index (χ1n) is 36.2. The Morgan fingerprint density at radius 1 is 0.453 bits per heavy atom. The zero-order valence-corrected chi connectivity index (χ0v) is 55.7. The topological polar surface area (TPSA) is 175 Å². The van der Waals surface area contributed by atoms with Crippen LogP contribution in [0.15, 0.2) is 72.9 Å². The summed E-state index contributed by atoms with van der Waals surface area (Å²) < 4.78 is 17.7. The Hall–Kier alpha value is -2.90. The van der Waals surface area contributed by atoms with E-state index < -0.39 is 67.4 Å². The van der Waals surface area contributed by atoms with Crippen LogP contribution in [0.5, 0.6) is 0 Å². The summed E-state index contributed by atoms with van der Waals surface area (Å²) in [5.41, 5.74) is 0. The predicted octanol–water partition coefficient (Wildman–Crippen LogP) is 18.7. The van der Waals surface area contributed by atoms with Gasteiger partial charge >= 0.3 is 5.97 Å². The van der Waals surface area contributed by atoms with Gasteiger partial charge in [0.25, 0.3) is 0 Å². The summed E-state index contributed by atoms with van der Waals surface area (Å²) in [7, 11) is 0. The lowest BCUT2D eigenvalue weighted by molar-refractivity contribution is -0.305. The molecule has 1 heterocycles. The fourth-order valence-corrected chi connectivity index (χ4v) is 11.1. The zero-order valence-electron chi connectivity index (χ0n) is 55.7. The minimum Gasteiger partial charge on any atom is -0.454 e. The molecule has 1 aliphatic heterocycles. The SMILES string of the molecule is CCCCC/C=C\C/C=C\C/C=C\CCCCCCCCCCCCC(=O)OC1C(OCC(NC(=O)C(O)CCCCCCCCCCCCCC/C=C\C/C=C\CCCCC)C(O)/C=C/CCCCCCCCCCCC)OC(CO)C(O)C1O. The number of allylic oxidation sites excluding steroid dienone is 11. The van der Waals surface area contributed by atoms with Crippen molar-refractivity contribution in [3.63, 3.8) is 0 Å². The molecule has 1 amide bonds. The molecule has 0 aromatic rings. The predicted molar refractivity (Wildman–Crippen MR) is 361 cm³/mol. The maximum atomic E-state index is 13.5. The third-order valence-corrected chi connectivity index (χ3v) is 16.8. The molecule has 1 saturated heterocycles. The molecule has 0 aliphatic carbocycles. The van der Waals surface area contributed by atoms with Gasteiger partial charge in [-0.05, 0) is 96.3 Å². The highest BCUT2D eigenvalue weighted by Gasteiger charge is 2.47. The number of carbonyl (C=O) groups is 2. The minimum absolute atomic E-state index is 0.118. The maximum Gasteiger partial charge on any atom is 0.306 e. The van der Waals surface area contributed by atoms with Gasteiger partial charge in [-0.2, -0.15) is 0 Å². The summed E-state index contributed by atoms with van der Waals surface area (Å²) in [5.74, 6) is -1.19. The van der Waals surface area contributed by atoms with Gasteiger partial charge in [0, 0.05) is 6.42 Å². The Balaban J connectivity index is 2.57. The molecule has 0 spiro atoms. The molecule has 0 radical (unpaired) electrons. The van der Waals surface area contributed by atoms with E-state index in [1.54, 1.807) is 6.08 Å². The molecule has 1 aliphatic rings. The highest BCUT2D eigenvalue weighted by atomic mass is 16.7. The summed E-state index contributed by atoms with van der Waals surface area (Å²) in [4.78, 5) is 26.7. The molecule has 0 aromatic heterocycles. The van der Waals surface area contributed by atoms with Crippen molar-refractivity contribution >= 4 is 11.9 Å². The van der Waals surface area contributed by atoms with E-state index in [9.17, 15) is 35.1 Å². The van der Waals surface area contributed by atoms with Crippen molar-refractivity contribution in [1.82, 2.24) is 5.32 Å². The van der Waals surface area contributed by atoms with Crippen molar-refractivity contribution < 1.29 is 49.3 Å². The Morgan fingerprint density at radius 3 is 1.22 bits per heavy atom. The third-order valence-electron chi connectivity index (χ3n) is 16.8. The smallest absolute Gasteiger partial charge is 0.306 e. The van der Waals surface area contributed by atoms with Crippen molar-refractivity contribution in [1.29, 1.82) is 0 Å². The van der Waals surface area contributed by atoms with Crippen LogP contribution in [0, 0.1) is 0 Å². The van der Waals surface area contributed by atoms with Gasteiger partial charge < -0.3 is 45.1 Å². The van der Waals surface area contributed by atoms with Crippen molar-refractivity contribution in [2.75, 3.05) is 13.2 Å².